The van der Waals surface area contributed by atoms with Crippen LogP contribution in [0.2, 0.25) is 0 Å². The molecule has 1 saturated heterocycles. The Hall–Kier alpha value is -0.970. The molecule has 0 radical (unpaired) electrons. The van der Waals surface area contributed by atoms with Gasteiger partial charge in [-0.15, -0.1) is 23.1 Å². The smallest absolute Gasteiger partial charge is 0.122 e. The van der Waals surface area contributed by atoms with E-state index in [9.17, 15) is 0 Å². The predicted molar refractivity (Wildman–Crippen MR) is 84.2 cm³/mol. The third-order valence-corrected chi connectivity index (χ3v) is 5.54. The number of thiophene rings is 1. The Morgan fingerprint density at radius 3 is 2.89 bits per heavy atom. The van der Waals surface area contributed by atoms with E-state index in [0.717, 1.165) is 12.3 Å². The van der Waals surface area contributed by atoms with Crippen molar-refractivity contribution in [1.29, 1.82) is 0 Å². The van der Waals surface area contributed by atoms with Crippen molar-refractivity contribution in [3.05, 3.63) is 40.8 Å². The normalized spacial score (nSPS) is 18.7. The fraction of sp³-hybridized carbons (Fsp3) is 0.333. The van der Waals surface area contributed by atoms with Crippen molar-refractivity contribution in [3.63, 3.8) is 0 Å². The zero-order valence-electron chi connectivity index (χ0n) is 11.1. The standard InChI is InChI=1S/C15H17NOS2/c1-10-12(15-16-5-7-19-15)8-11(9-13(10)17-2)14-4-3-6-18-14/h3-4,6,8-9,15-16H,5,7H2,1-2H3. The number of ether oxygens (including phenoxy) is 1. The maximum absolute atomic E-state index is 5.55. The molecule has 1 N–H and O–H groups in total. The minimum atomic E-state index is 0.397. The van der Waals surface area contributed by atoms with Crippen LogP contribution in [0.5, 0.6) is 5.75 Å². The van der Waals surface area contributed by atoms with Crippen LogP contribution in [0.3, 0.4) is 0 Å². The van der Waals surface area contributed by atoms with Crippen molar-refractivity contribution >= 4 is 23.1 Å². The van der Waals surface area contributed by atoms with Crippen LogP contribution in [0, 0.1) is 6.92 Å². The molecule has 0 aliphatic carbocycles. The maximum Gasteiger partial charge on any atom is 0.122 e. The molecule has 1 aromatic heterocycles. The summed E-state index contributed by atoms with van der Waals surface area (Å²) in [5.74, 6) is 2.16. The summed E-state index contributed by atoms with van der Waals surface area (Å²) < 4.78 is 5.55. The molecule has 2 nitrogen and oxygen atoms in total. The van der Waals surface area contributed by atoms with Gasteiger partial charge < -0.3 is 10.1 Å². The molecule has 4 heteroatoms. The quantitative estimate of drug-likeness (QED) is 0.921. The highest BCUT2D eigenvalue weighted by Crippen LogP contribution is 2.39. The van der Waals surface area contributed by atoms with Gasteiger partial charge in [-0.25, -0.2) is 0 Å². The van der Waals surface area contributed by atoms with Gasteiger partial charge in [0.25, 0.3) is 0 Å². The molecule has 1 unspecified atom stereocenters. The summed E-state index contributed by atoms with van der Waals surface area (Å²) in [6.45, 7) is 3.23. The lowest BCUT2D eigenvalue weighted by Crippen LogP contribution is -2.13. The molecular formula is C15H17NOS2. The fourth-order valence-electron chi connectivity index (χ4n) is 2.40. The molecule has 3 rings (SSSR count). The summed E-state index contributed by atoms with van der Waals surface area (Å²) in [4.78, 5) is 1.29. The molecule has 1 aromatic carbocycles. The van der Waals surface area contributed by atoms with Gasteiger partial charge in [0.05, 0.1) is 12.5 Å². The third-order valence-electron chi connectivity index (χ3n) is 3.42. The summed E-state index contributed by atoms with van der Waals surface area (Å²) in [5.41, 5.74) is 3.85. The SMILES string of the molecule is COc1cc(-c2cccs2)cc(C2NCCS2)c1C. The van der Waals surface area contributed by atoms with Crippen LogP contribution < -0.4 is 10.1 Å². The molecule has 1 fully saturated rings. The third kappa shape index (κ3) is 2.53. The Morgan fingerprint density at radius 1 is 1.37 bits per heavy atom. The number of hydrogen-bond donors (Lipinski definition) is 1. The monoisotopic (exact) mass is 291 g/mol. The number of rotatable bonds is 3. The van der Waals surface area contributed by atoms with Crippen molar-refractivity contribution in [2.75, 3.05) is 19.4 Å². The van der Waals surface area contributed by atoms with Crippen molar-refractivity contribution in [2.24, 2.45) is 0 Å². The molecule has 1 aliphatic rings. The topological polar surface area (TPSA) is 21.3 Å². The van der Waals surface area contributed by atoms with Crippen LogP contribution in [-0.4, -0.2) is 19.4 Å². The van der Waals surface area contributed by atoms with E-state index in [4.69, 9.17) is 4.74 Å². The molecule has 100 valence electrons. The van der Waals surface area contributed by atoms with E-state index in [1.807, 2.05) is 11.8 Å². The first-order valence-electron chi connectivity index (χ1n) is 6.37. The largest absolute Gasteiger partial charge is 0.496 e. The van der Waals surface area contributed by atoms with Gasteiger partial charge in [0.15, 0.2) is 0 Å². The van der Waals surface area contributed by atoms with E-state index in [2.05, 4.69) is 41.9 Å². The lowest BCUT2D eigenvalue weighted by Gasteiger charge is -2.17. The van der Waals surface area contributed by atoms with Gasteiger partial charge in [-0.3, -0.25) is 0 Å². The zero-order valence-corrected chi connectivity index (χ0v) is 12.7. The van der Waals surface area contributed by atoms with Gasteiger partial charge in [-0.1, -0.05) is 6.07 Å². The minimum Gasteiger partial charge on any atom is -0.496 e. The first-order valence-corrected chi connectivity index (χ1v) is 8.30. The van der Waals surface area contributed by atoms with Gasteiger partial charge in [-0.05, 0) is 47.2 Å². The number of benzene rings is 1. The fourth-order valence-corrected chi connectivity index (χ4v) is 4.25. The lowest BCUT2D eigenvalue weighted by atomic mass is 10.0. The van der Waals surface area contributed by atoms with Gasteiger partial charge in [0.1, 0.15) is 5.75 Å². The summed E-state index contributed by atoms with van der Waals surface area (Å²) in [7, 11) is 1.75. The number of thioether (sulfide) groups is 1. The minimum absolute atomic E-state index is 0.397. The van der Waals surface area contributed by atoms with Crippen LogP contribution in [0.15, 0.2) is 29.6 Å². The number of nitrogens with one attached hydrogen (secondary N) is 1. The summed E-state index contributed by atoms with van der Waals surface area (Å²) in [5, 5.41) is 6.06. The second kappa shape index (κ2) is 5.57. The van der Waals surface area contributed by atoms with E-state index < -0.39 is 0 Å². The van der Waals surface area contributed by atoms with Crippen LogP contribution in [0.1, 0.15) is 16.5 Å². The Balaban J connectivity index is 2.09. The van der Waals surface area contributed by atoms with E-state index in [0.29, 0.717) is 5.37 Å². The summed E-state index contributed by atoms with van der Waals surface area (Å²) in [6.07, 6.45) is 0. The van der Waals surface area contributed by atoms with Crippen molar-refractivity contribution in [3.8, 4) is 16.2 Å². The van der Waals surface area contributed by atoms with E-state index in [-0.39, 0.29) is 0 Å². The zero-order chi connectivity index (χ0) is 13.2. The van der Waals surface area contributed by atoms with Crippen LogP contribution in [0.25, 0.3) is 10.4 Å². The Kier molecular flexibility index (Phi) is 3.82. The van der Waals surface area contributed by atoms with Crippen molar-refractivity contribution < 1.29 is 4.74 Å². The van der Waals surface area contributed by atoms with Crippen LogP contribution in [0.4, 0.5) is 0 Å². The molecule has 19 heavy (non-hydrogen) atoms. The molecule has 0 saturated carbocycles. The van der Waals surface area contributed by atoms with Gasteiger partial charge in [-0.2, -0.15) is 0 Å². The molecule has 2 heterocycles. The Morgan fingerprint density at radius 2 is 2.26 bits per heavy atom. The number of methoxy groups -OCH3 is 1. The van der Waals surface area contributed by atoms with Crippen molar-refractivity contribution in [1.82, 2.24) is 5.32 Å². The lowest BCUT2D eigenvalue weighted by molar-refractivity contribution is 0.411. The predicted octanol–water partition coefficient (Wildman–Crippen LogP) is 4.07. The summed E-state index contributed by atoms with van der Waals surface area (Å²) in [6, 6.07) is 8.70. The second-order valence-corrected chi connectivity index (χ2v) is 6.74. The van der Waals surface area contributed by atoms with Gasteiger partial charge in [0.2, 0.25) is 0 Å². The first-order chi connectivity index (χ1) is 9.29. The molecule has 1 atom stereocenters. The highest BCUT2D eigenvalue weighted by atomic mass is 32.2. The average Bonchev–Trinajstić information content (AvgIpc) is 3.12. The Bertz CT molecular complexity index is 560. The highest BCUT2D eigenvalue weighted by molar-refractivity contribution is 7.99. The molecule has 0 spiro atoms. The highest BCUT2D eigenvalue weighted by Gasteiger charge is 2.21. The summed E-state index contributed by atoms with van der Waals surface area (Å²) >= 11 is 3.74. The van der Waals surface area contributed by atoms with Gasteiger partial charge >= 0.3 is 0 Å². The van der Waals surface area contributed by atoms with E-state index in [1.54, 1.807) is 18.4 Å². The average molecular weight is 291 g/mol. The van der Waals surface area contributed by atoms with E-state index >= 15 is 0 Å². The molecule has 2 aromatic rings. The number of hydrogen-bond acceptors (Lipinski definition) is 4. The molecule has 0 amide bonds. The molecule has 0 bridgehead atoms. The van der Waals surface area contributed by atoms with Crippen molar-refractivity contribution in [2.45, 2.75) is 12.3 Å². The van der Waals surface area contributed by atoms with Crippen LogP contribution in [-0.2, 0) is 0 Å². The first kappa shape index (κ1) is 13.0. The maximum atomic E-state index is 5.55. The molecular weight excluding hydrogens is 274 g/mol. The second-order valence-electron chi connectivity index (χ2n) is 4.57. The Labute approximate surface area is 122 Å². The van der Waals surface area contributed by atoms with E-state index in [1.165, 1.54) is 27.3 Å². The molecule has 1 aliphatic heterocycles. The van der Waals surface area contributed by atoms with Gasteiger partial charge in [0, 0.05) is 17.2 Å². The van der Waals surface area contributed by atoms with Crippen LogP contribution >= 0.6 is 23.1 Å².